The van der Waals surface area contributed by atoms with Gasteiger partial charge in [-0.1, -0.05) is 12.1 Å². The molecule has 21 heavy (non-hydrogen) atoms. The van der Waals surface area contributed by atoms with Gasteiger partial charge in [0.05, 0.1) is 5.56 Å². The molecule has 1 amide bonds. The molecule has 1 aliphatic rings. The first kappa shape index (κ1) is 14.1. The number of anilines is 2. The second kappa shape index (κ2) is 5.48. The molecule has 0 atom stereocenters. The zero-order valence-electron chi connectivity index (χ0n) is 11.3. The first-order valence-corrected chi connectivity index (χ1v) is 7.52. The Balaban J connectivity index is 2.07. The van der Waals surface area contributed by atoms with Crippen LogP contribution in [0.2, 0.25) is 0 Å². The molecule has 1 aliphatic heterocycles. The minimum atomic E-state index is -0.523. The number of benzene rings is 2. The summed E-state index contributed by atoms with van der Waals surface area (Å²) in [5.74, 6) is -0.864. The van der Waals surface area contributed by atoms with E-state index in [9.17, 15) is 9.18 Å². The van der Waals surface area contributed by atoms with Crippen molar-refractivity contribution >= 4 is 33.2 Å². The maximum atomic E-state index is 14.0. The highest BCUT2D eigenvalue weighted by molar-refractivity contribution is 9.10. The van der Waals surface area contributed by atoms with E-state index in [0.717, 1.165) is 24.1 Å². The molecule has 0 radical (unpaired) electrons. The van der Waals surface area contributed by atoms with Crippen molar-refractivity contribution in [2.24, 2.45) is 0 Å². The molecular formula is C16H14BrFN2O. The van der Waals surface area contributed by atoms with Crippen LogP contribution in [0.15, 0.2) is 40.9 Å². The number of nitrogens with two attached hydrogens (primary N) is 1. The highest BCUT2D eigenvalue weighted by atomic mass is 79.9. The zero-order valence-corrected chi connectivity index (χ0v) is 12.9. The fraction of sp³-hybridized carbons (Fsp3) is 0.188. The first-order valence-electron chi connectivity index (χ1n) is 6.73. The van der Waals surface area contributed by atoms with Crippen molar-refractivity contribution in [2.75, 3.05) is 17.2 Å². The third-order valence-corrected chi connectivity index (χ3v) is 4.37. The summed E-state index contributed by atoms with van der Waals surface area (Å²) in [6, 6.07) is 10.0. The fourth-order valence-corrected chi connectivity index (χ4v) is 3.21. The Morgan fingerprint density at radius 2 is 2.00 bits per heavy atom. The number of fused-ring (bicyclic) bond motifs is 1. The summed E-state index contributed by atoms with van der Waals surface area (Å²) in [4.78, 5) is 14.3. The van der Waals surface area contributed by atoms with E-state index in [0.29, 0.717) is 16.7 Å². The van der Waals surface area contributed by atoms with Crippen LogP contribution in [0.3, 0.4) is 0 Å². The third-order valence-electron chi connectivity index (χ3n) is 3.71. The lowest BCUT2D eigenvalue weighted by Gasteiger charge is -2.30. The SMILES string of the molecule is Nc1cccc2c1CCCN2C(=O)c1c(F)cccc1Br. The number of nitrogens with zero attached hydrogens (tertiary/aromatic N) is 1. The average Bonchev–Trinajstić information content (AvgIpc) is 2.47. The van der Waals surface area contributed by atoms with Crippen molar-refractivity contribution in [3.8, 4) is 0 Å². The van der Waals surface area contributed by atoms with Crippen molar-refractivity contribution in [3.63, 3.8) is 0 Å². The second-order valence-electron chi connectivity index (χ2n) is 5.00. The lowest BCUT2D eigenvalue weighted by atomic mass is 9.99. The van der Waals surface area contributed by atoms with Crippen LogP contribution in [0, 0.1) is 5.82 Å². The molecule has 108 valence electrons. The molecule has 0 unspecified atom stereocenters. The van der Waals surface area contributed by atoms with Gasteiger partial charge in [0.15, 0.2) is 0 Å². The Hall–Kier alpha value is -1.88. The fourth-order valence-electron chi connectivity index (χ4n) is 2.70. The summed E-state index contributed by atoms with van der Waals surface area (Å²) in [6.45, 7) is 0.566. The van der Waals surface area contributed by atoms with Crippen molar-refractivity contribution in [2.45, 2.75) is 12.8 Å². The maximum absolute atomic E-state index is 14.0. The number of carbonyl (C=O) groups is 1. The molecule has 3 nitrogen and oxygen atoms in total. The Labute approximate surface area is 130 Å². The molecule has 0 aromatic heterocycles. The Morgan fingerprint density at radius 3 is 2.76 bits per heavy atom. The minimum Gasteiger partial charge on any atom is -0.398 e. The number of carbonyl (C=O) groups excluding carboxylic acids is 1. The van der Waals surface area contributed by atoms with E-state index in [2.05, 4.69) is 15.9 Å². The molecule has 3 rings (SSSR count). The van der Waals surface area contributed by atoms with Crippen molar-refractivity contribution < 1.29 is 9.18 Å². The van der Waals surface area contributed by atoms with E-state index in [1.165, 1.54) is 6.07 Å². The van der Waals surface area contributed by atoms with Crippen LogP contribution >= 0.6 is 15.9 Å². The standard InChI is InChI=1S/C16H14BrFN2O/c17-11-5-1-6-12(18)15(11)16(21)20-9-3-4-10-13(19)7-2-8-14(10)20/h1-2,5-8H,3-4,9,19H2. The highest BCUT2D eigenvalue weighted by Gasteiger charge is 2.27. The maximum Gasteiger partial charge on any atom is 0.262 e. The smallest absolute Gasteiger partial charge is 0.262 e. The van der Waals surface area contributed by atoms with Crippen molar-refractivity contribution in [1.29, 1.82) is 0 Å². The molecule has 0 saturated carbocycles. The van der Waals surface area contributed by atoms with Crippen LogP contribution in [-0.2, 0) is 6.42 Å². The van der Waals surface area contributed by atoms with Crippen LogP contribution in [0.25, 0.3) is 0 Å². The average molecular weight is 349 g/mol. The minimum absolute atomic E-state index is 0.0628. The summed E-state index contributed by atoms with van der Waals surface area (Å²) >= 11 is 3.26. The van der Waals surface area contributed by atoms with E-state index in [1.807, 2.05) is 18.2 Å². The van der Waals surface area contributed by atoms with E-state index < -0.39 is 5.82 Å². The number of hydrogen-bond acceptors (Lipinski definition) is 2. The van der Waals surface area contributed by atoms with Crippen LogP contribution in [0.1, 0.15) is 22.3 Å². The lowest BCUT2D eigenvalue weighted by molar-refractivity contribution is 0.0980. The van der Waals surface area contributed by atoms with Gasteiger partial charge >= 0.3 is 0 Å². The number of hydrogen-bond donors (Lipinski definition) is 1. The Bertz CT molecular complexity index is 697. The molecule has 2 aromatic carbocycles. The summed E-state index contributed by atoms with van der Waals surface area (Å²) in [7, 11) is 0. The summed E-state index contributed by atoms with van der Waals surface area (Å²) in [6.07, 6.45) is 1.66. The predicted molar refractivity (Wildman–Crippen MR) is 85.0 cm³/mol. The van der Waals surface area contributed by atoms with E-state index in [-0.39, 0.29) is 11.5 Å². The van der Waals surface area contributed by atoms with Gasteiger partial charge in [-0.15, -0.1) is 0 Å². The van der Waals surface area contributed by atoms with Crippen molar-refractivity contribution in [3.05, 3.63) is 57.8 Å². The summed E-state index contributed by atoms with van der Waals surface area (Å²) in [5, 5.41) is 0. The molecule has 0 bridgehead atoms. The summed E-state index contributed by atoms with van der Waals surface area (Å²) in [5.41, 5.74) is 8.46. The van der Waals surface area contributed by atoms with Crippen LogP contribution < -0.4 is 10.6 Å². The van der Waals surface area contributed by atoms with Crippen molar-refractivity contribution in [1.82, 2.24) is 0 Å². The lowest BCUT2D eigenvalue weighted by Crippen LogP contribution is -2.36. The van der Waals surface area contributed by atoms with Gasteiger partial charge in [0, 0.05) is 22.4 Å². The molecule has 0 spiro atoms. The van der Waals surface area contributed by atoms with Gasteiger partial charge in [0.25, 0.3) is 5.91 Å². The molecule has 2 N–H and O–H groups in total. The second-order valence-corrected chi connectivity index (χ2v) is 5.86. The zero-order chi connectivity index (χ0) is 15.0. The Morgan fingerprint density at radius 1 is 1.24 bits per heavy atom. The first-order chi connectivity index (χ1) is 10.1. The highest BCUT2D eigenvalue weighted by Crippen LogP contribution is 2.33. The molecular weight excluding hydrogens is 335 g/mol. The van der Waals surface area contributed by atoms with E-state index in [4.69, 9.17) is 5.73 Å². The van der Waals surface area contributed by atoms with E-state index >= 15 is 0 Å². The van der Waals surface area contributed by atoms with Gasteiger partial charge in [-0.25, -0.2) is 4.39 Å². The van der Waals surface area contributed by atoms with Gasteiger partial charge in [-0.2, -0.15) is 0 Å². The molecule has 2 aromatic rings. The monoisotopic (exact) mass is 348 g/mol. The number of amides is 1. The van der Waals surface area contributed by atoms with Gasteiger partial charge in [-0.3, -0.25) is 4.79 Å². The molecule has 5 heteroatoms. The molecule has 0 aliphatic carbocycles. The van der Waals surface area contributed by atoms with Crippen LogP contribution in [0.4, 0.5) is 15.8 Å². The topological polar surface area (TPSA) is 46.3 Å². The summed E-state index contributed by atoms with van der Waals surface area (Å²) < 4.78 is 14.5. The molecule has 0 fully saturated rings. The molecule has 1 heterocycles. The Kier molecular flexibility index (Phi) is 3.68. The van der Waals surface area contributed by atoms with Gasteiger partial charge < -0.3 is 10.6 Å². The quantitative estimate of drug-likeness (QED) is 0.797. The number of halogens is 2. The normalized spacial score (nSPS) is 13.9. The predicted octanol–water partition coefficient (Wildman–Crippen LogP) is 3.76. The third kappa shape index (κ3) is 2.42. The van der Waals surface area contributed by atoms with Gasteiger partial charge in [0.1, 0.15) is 5.82 Å². The van der Waals surface area contributed by atoms with Gasteiger partial charge in [0.2, 0.25) is 0 Å². The largest absolute Gasteiger partial charge is 0.398 e. The van der Waals surface area contributed by atoms with Gasteiger partial charge in [-0.05, 0) is 58.6 Å². The van der Waals surface area contributed by atoms with Crippen LogP contribution in [0.5, 0.6) is 0 Å². The number of rotatable bonds is 1. The number of nitrogen functional groups attached to an aromatic ring is 1. The van der Waals surface area contributed by atoms with E-state index in [1.54, 1.807) is 17.0 Å². The molecule has 0 saturated heterocycles. The van der Waals surface area contributed by atoms with Crippen LogP contribution in [-0.4, -0.2) is 12.5 Å².